The Balaban J connectivity index is 2.47. The van der Waals surface area contributed by atoms with E-state index in [0.717, 1.165) is 0 Å². The second kappa shape index (κ2) is 3.73. The summed E-state index contributed by atoms with van der Waals surface area (Å²) in [6.07, 6.45) is 2.18. The average molecular weight is 235 g/mol. The highest BCUT2D eigenvalue weighted by Crippen LogP contribution is 2.13. The minimum atomic E-state index is -0.588. The van der Waals surface area contributed by atoms with Gasteiger partial charge in [0.2, 0.25) is 0 Å². The van der Waals surface area contributed by atoms with E-state index in [1.165, 1.54) is 23.2 Å². The van der Waals surface area contributed by atoms with Crippen molar-refractivity contribution in [2.24, 2.45) is 0 Å². The van der Waals surface area contributed by atoms with Crippen LogP contribution in [0, 0.1) is 0 Å². The van der Waals surface area contributed by atoms with E-state index in [1.807, 2.05) is 0 Å². The van der Waals surface area contributed by atoms with Gasteiger partial charge in [0.15, 0.2) is 5.65 Å². The fourth-order valence-electron chi connectivity index (χ4n) is 1.42. The molecule has 0 fully saturated rings. The van der Waals surface area contributed by atoms with Crippen LogP contribution in [0.3, 0.4) is 0 Å². The summed E-state index contributed by atoms with van der Waals surface area (Å²) >= 11 is 0. The third-order valence-corrected chi connectivity index (χ3v) is 2.08. The molecule has 0 aliphatic rings. The quantitative estimate of drug-likeness (QED) is 0.750. The summed E-state index contributed by atoms with van der Waals surface area (Å²) in [6, 6.07) is 1.53. The molecule has 17 heavy (non-hydrogen) atoms. The van der Waals surface area contributed by atoms with Gasteiger partial charge in [-0.1, -0.05) is 0 Å². The van der Waals surface area contributed by atoms with Gasteiger partial charge in [-0.25, -0.2) is 14.3 Å². The van der Waals surface area contributed by atoms with Crippen LogP contribution in [0.4, 0.5) is 4.79 Å². The normalized spacial score (nSPS) is 11.7. The maximum Gasteiger partial charge on any atom is 0.420 e. The number of fused-ring (bicyclic) bond motifs is 1. The van der Waals surface area contributed by atoms with E-state index in [9.17, 15) is 9.59 Å². The first-order valence-corrected chi connectivity index (χ1v) is 5.16. The molecule has 0 unspecified atom stereocenters. The molecule has 1 N–H and O–H groups in total. The van der Waals surface area contributed by atoms with Crippen LogP contribution in [0.15, 0.2) is 23.4 Å². The second-order valence-corrected chi connectivity index (χ2v) is 4.64. The highest BCUT2D eigenvalue weighted by molar-refractivity contribution is 5.86. The SMILES string of the molecule is CC(C)(C)OC(=O)n1ccc2c(=O)[nH]cnc21. The summed E-state index contributed by atoms with van der Waals surface area (Å²) in [5.41, 5.74) is -0.574. The van der Waals surface area contributed by atoms with Crippen LogP contribution in [0.5, 0.6) is 0 Å². The molecule has 6 heteroatoms. The van der Waals surface area contributed by atoms with E-state index in [0.29, 0.717) is 11.0 Å². The molecule has 0 spiro atoms. The first-order chi connectivity index (χ1) is 7.88. The Morgan fingerprint density at radius 3 is 2.82 bits per heavy atom. The molecule has 0 saturated heterocycles. The zero-order valence-corrected chi connectivity index (χ0v) is 9.85. The van der Waals surface area contributed by atoms with Gasteiger partial charge >= 0.3 is 6.09 Å². The van der Waals surface area contributed by atoms with Crippen molar-refractivity contribution in [2.75, 3.05) is 0 Å². The van der Waals surface area contributed by atoms with Gasteiger partial charge in [0.05, 0.1) is 11.7 Å². The standard InChI is InChI=1S/C11H13N3O3/c1-11(2,3)17-10(16)14-5-4-7-8(14)12-6-13-9(7)15/h4-6H,1-3H3,(H,12,13,15). The van der Waals surface area contributed by atoms with E-state index in [2.05, 4.69) is 9.97 Å². The molecule has 0 atom stereocenters. The van der Waals surface area contributed by atoms with Crippen molar-refractivity contribution < 1.29 is 9.53 Å². The molecule has 0 aliphatic heterocycles. The molecule has 0 amide bonds. The monoisotopic (exact) mass is 235 g/mol. The van der Waals surface area contributed by atoms with Crippen LogP contribution in [0.25, 0.3) is 11.0 Å². The molecule has 2 heterocycles. The molecular formula is C11H13N3O3. The van der Waals surface area contributed by atoms with Crippen molar-refractivity contribution in [3.8, 4) is 0 Å². The molecule has 2 aromatic heterocycles. The molecule has 2 aromatic rings. The second-order valence-electron chi connectivity index (χ2n) is 4.64. The maximum atomic E-state index is 11.8. The van der Waals surface area contributed by atoms with Gasteiger partial charge in [-0.05, 0) is 26.8 Å². The molecule has 0 radical (unpaired) electrons. The van der Waals surface area contributed by atoms with E-state index in [1.54, 1.807) is 20.8 Å². The first kappa shape index (κ1) is 11.4. The summed E-state index contributed by atoms with van der Waals surface area (Å²) in [4.78, 5) is 29.7. The number of ether oxygens (including phenoxy) is 1. The zero-order valence-electron chi connectivity index (χ0n) is 9.85. The van der Waals surface area contributed by atoms with Crippen molar-refractivity contribution >= 4 is 17.1 Å². The number of carbonyl (C=O) groups is 1. The number of nitrogens with one attached hydrogen (secondary N) is 1. The van der Waals surface area contributed by atoms with E-state index < -0.39 is 11.7 Å². The topological polar surface area (TPSA) is 77.0 Å². The Morgan fingerprint density at radius 1 is 1.47 bits per heavy atom. The number of aromatic nitrogens is 3. The lowest BCUT2D eigenvalue weighted by molar-refractivity contribution is 0.0543. The molecule has 6 nitrogen and oxygen atoms in total. The van der Waals surface area contributed by atoms with Gasteiger partial charge in [0.1, 0.15) is 5.60 Å². The van der Waals surface area contributed by atoms with E-state index >= 15 is 0 Å². The summed E-state index contributed by atoms with van der Waals surface area (Å²) in [5.74, 6) is 0. The number of rotatable bonds is 0. The number of nitrogens with zero attached hydrogens (tertiary/aromatic N) is 2. The molecule has 0 saturated carbocycles. The van der Waals surface area contributed by atoms with Crippen molar-refractivity contribution in [1.29, 1.82) is 0 Å². The molecule has 0 bridgehead atoms. The zero-order chi connectivity index (χ0) is 12.6. The van der Waals surface area contributed by atoms with Crippen LogP contribution < -0.4 is 5.56 Å². The highest BCUT2D eigenvalue weighted by atomic mass is 16.6. The van der Waals surface area contributed by atoms with Gasteiger partial charge in [0.25, 0.3) is 5.56 Å². The van der Waals surface area contributed by atoms with Crippen LogP contribution in [-0.2, 0) is 4.74 Å². The minimum absolute atomic E-state index is 0.280. The lowest BCUT2D eigenvalue weighted by Gasteiger charge is -2.19. The Kier molecular flexibility index (Phi) is 2.49. The first-order valence-electron chi connectivity index (χ1n) is 5.16. The van der Waals surface area contributed by atoms with Crippen LogP contribution in [0.2, 0.25) is 0 Å². The molecule has 2 rings (SSSR count). The van der Waals surface area contributed by atoms with Gasteiger partial charge < -0.3 is 9.72 Å². The lowest BCUT2D eigenvalue weighted by Crippen LogP contribution is -2.27. The number of hydrogen-bond acceptors (Lipinski definition) is 4. The van der Waals surface area contributed by atoms with E-state index in [-0.39, 0.29) is 5.56 Å². The maximum absolute atomic E-state index is 11.8. The fraction of sp³-hybridized carbons (Fsp3) is 0.364. The minimum Gasteiger partial charge on any atom is -0.443 e. The highest BCUT2D eigenvalue weighted by Gasteiger charge is 2.19. The third-order valence-electron chi connectivity index (χ3n) is 2.08. The molecule has 0 aromatic carbocycles. The van der Waals surface area contributed by atoms with Crippen molar-refractivity contribution in [3.05, 3.63) is 28.9 Å². The number of aromatic amines is 1. The Bertz CT molecular complexity index is 619. The number of H-pyrrole nitrogens is 1. The Hall–Kier alpha value is -2.11. The molecule has 0 aliphatic carbocycles. The van der Waals surface area contributed by atoms with Crippen molar-refractivity contribution in [3.63, 3.8) is 0 Å². The number of hydrogen-bond donors (Lipinski definition) is 1. The smallest absolute Gasteiger partial charge is 0.420 e. The summed E-state index contributed by atoms with van der Waals surface area (Å²) in [7, 11) is 0. The van der Waals surface area contributed by atoms with Crippen molar-refractivity contribution in [1.82, 2.24) is 14.5 Å². The molecular weight excluding hydrogens is 222 g/mol. The van der Waals surface area contributed by atoms with Crippen LogP contribution in [0.1, 0.15) is 20.8 Å². The molecule has 90 valence electrons. The summed E-state index contributed by atoms with van der Waals surface area (Å²) < 4.78 is 6.42. The number of carbonyl (C=O) groups excluding carboxylic acids is 1. The Labute approximate surface area is 97.2 Å². The fourth-order valence-corrected chi connectivity index (χ4v) is 1.42. The predicted molar refractivity (Wildman–Crippen MR) is 62.0 cm³/mol. The van der Waals surface area contributed by atoms with Crippen molar-refractivity contribution in [2.45, 2.75) is 26.4 Å². The van der Waals surface area contributed by atoms with Gasteiger partial charge in [0, 0.05) is 6.20 Å². The Morgan fingerprint density at radius 2 is 2.18 bits per heavy atom. The van der Waals surface area contributed by atoms with Gasteiger partial charge in [-0.3, -0.25) is 4.79 Å². The van der Waals surface area contributed by atoms with Crippen LogP contribution in [-0.4, -0.2) is 26.2 Å². The average Bonchev–Trinajstić information content (AvgIpc) is 2.60. The largest absolute Gasteiger partial charge is 0.443 e. The van der Waals surface area contributed by atoms with Gasteiger partial charge in [-0.2, -0.15) is 0 Å². The predicted octanol–water partition coefficient (Wildman–Crippen LogP) is 1.51. The lowest BCUT2D eigenvalue weighted by atomic mass is 10.2. The van der Waals surface area contributed by atoms with E-state index in [4.69, 9.17) is 4.74 Å². The summed E-state index contributed by atoms with van der Waals surface area (Å²) in [5, 5.41) is 0.360. The van der Waals surface area contributed by atoms with Crippen LogP contribution >= 0.6 is 0 Å². The summed E-state index contributed by atoms with van der Waals surface area (Å²) in [6.45, 7) is 5.32. The third kappa shape index (κ3) is 2.20. The van der Waals surface area contributed by atoms with Gasteiger partial charge in [-0.15, -0.1) is 0 Å².